The van der Waals surface area contributed by atoms with E-state index in [4.69, 9.17) is 10.8 Å². The van der Waals surface area contributed by atoms with Crippen LogP contribution in [0.15, 0.2) is 12.1 Å². The van der Waals surface area contributed by atoms with Crippen molar-refractivity contribution in [1.29, 1.82) is 0 Å². The predicted octanol–water partition coefficient (Wildman–Crippen LogP) is 1.80. The maximum atomic E-state index is 13.1. The summed E-state index contributed by atoms with van der Waals surface area (Å²) in [6, 6.07) is 2.23. The van der Waals surface area contributed by atoms with Crippen LogP contribution in [-0.2, 0) is 4.74 Å². The van der Waals surface area contributed by atoms with E-state index in [2.05, 4.69) is 10.1 Å². The fourth-order valence-electron chi connectivity index (χ4n) is 1.40. The Hall–Kier alpha value is -1.96. The van der Waals surface area contributed by atoms with Crippen molar-refractivity contribution in [2.45, 2.75) is 6.43 Å². The van der Waals surface area contributed by atoms with Crippen LogP contribution < -0.4 is 11.1 Å². The number of alkyl halides is 2. The summed E-state index contributed by atoms with van der Waals surface area (Å²) in [6.45, 7) is -0.641. The average molecular weight is 278 g/mol. The molecule has 4 N–H and O–H groups in total. The molecule has 0 aromatic heterocycles. The Balaban J connectivity index is 2.63. The number of carboxylic acids is 1. The highest BCUT2D eigenvalue weighted by atomic mass is 19.3. The minimum atomic E-state index is -2.56. The predicted molar refractivity (Wildman–Crippen MR) is 63.1 cm³/mol. The highest BCUT2D eigenvalue weighted by molar-refractivity contribution is 6.00. The summed E-state index contributed by atoms with van der Waals surface area (Å²) in [5, 5.41) is 11.6. The zero-order valence-electron chi connectivity index (χ0n) is 9.83. The van der Waals surface area contributed by atoms with Gasteiger partial charge in [0.05, 0.1) is 18.0 Å². The van der Waals surface area contributed by atoms with Gasteiger partial charge in [0.15, 0.2) is 0 Å². The van der Waals surface area contributed by atoms with Gasteiger partial charge in [-0.25, -0.2) is 18.0 Å². The Labute approximate surface area is 107 Å². The van der Waals surface area contributed by atoms with Gasteiger partial charge in [-0.2, -0.15) is 0 Å². The number of ether oxygens (including phenoxy) is 1. The minimum absolute atomic E-state index is 0.0410. The molecule has 0 fully saturated rings. The number of nitrogen functional groups attached to an aromatic ring is 1. The Morgan fingerprint density at radius 3 is 2.74 bits per heavy atom. The smallest absolute Gasteiger partial charge is 0.340 e. The minimum Gasteiger partial charge on any atom is -0.478 e. The summed E-state index contributed by atoms with van der Waals surface area (Å²) in [4.78, 5) is 11.0. The van der Waals surface area contributed by atoms with E-state index < -0.39 is 36.1 Å². The summed E-state index contributed by atoms with van der Waals surface area (Å²) in [7, 11) is 0. The molecule has 0 aliphatic carbocycles. The number of anilines is 2. The molecule has 0 saturated carbocycles. The van der Waals surface area contributed by atoms with Gasteiger partial charge >= 0.3 is 5.97 Å². The van der Waals surface area contributed by atoms with Crippen LogP contribution in [0.25, 0.3) is 0 Å². The molecule has 0 bridgehead atoms. The molecule has 0 amide bonds. The van der Waals surface area contributed by atoms with Crippen molar-refractivity contribution in [2.75, 3.05) is 30.8 Å². The number of rotatable bonds is 7. The number of hydrogen-bond acceptors (Lipinski definition) is 4. The number of aromatic carboxylic acids is 1. The van der Waals surface area contributed by atoms with Crippen LogP contribution in [0.2, 0.25) is 0 Å². The second-order valence-electron chi connectivity index (χ2n) is 3.58. The van der Waals surface area contributed by atoms with Crippen LogP contribution in [0.5, 0.6) is 0 Å². The van der Waals surface area contributed by atoms with Crippen molar-refractivity contribution in [3.63, 3.8) is 0 Å². The molecule has 1 rings (SSSR count). The molecule has 0 spiro atoms. The molecule has 0 saturated heterocycles. The molecular formula is C11H13F3N2O3. The van der Waals surface area contributed by atoms with Gasteiger partial charge in [0.2, 0.25) is 0 Å². The Kier molecular flexibility index (Phi) is 5.43. The molecule has 0 unspecified atom stereocenters. The van der Waals surface area contributed by atoms with Crippen molar-refractivity contribution >= 4 is 17.3 Å². The van der Waals surface area contributed by atoms with Gasteiger partial charge in [0.25, 0.3) is 6.43 Å². The normalized spacial score (nSPS) is 10.7. The molecule has 19 heavy (non-hydrogen) atoms. The van der Waals surface area contributed by atoms with E-state index in [1.54, 1.807) is 0 Å². The monoisotopic (exact) mass is 278 g/mol. The summed E-state index contributed by atoms with van der Waals surface area (Å²) < 4.78 is 41.3. The summed E-state index contributed by atoms with van der Waals surface area (Å²) in [5.41, 5.74) is 4.56. The highest BCUT2D eigenvalue weighted by Crippen LogP contribution is 2.24. The first-order valence-corrected chi connectivity index (χ1v) is 5.34. The summed E-state index contributed by atoms with van der Waals surface area (Å²) in [5.74, 6) is -2.22. The van der Waals surface area contributed by atoms with Crippen LogP contribution in [0.1, 0.15) is 10.4 Å². The fourth-order valence-corrected chi connectivity index (χ4v) is 1.40. The molecule has 0 aliphatic heterocycles. The Bertz CT molecular complexity index is 455. The van der Waals surface area contributed by atoms with Crippen LogP contribution in [0.3, 0.4) is 0 Å². The zero-order chi connectivity index (χ0) is 14.4. The van der Waals surface area contributed by atoms with E-state index in [9.17, 15) is 18.0 Å². The molecule has 0 atom stereocenters. The third-order valence-electron chi connectivity index (χ3n) is 2.21. The summed E-state index contributed by atoms with van der Waals surface area (Å²) >= 11 is 0. The largest absolute Gasteiger partial charge is 0.478 e. The molecule has 1 aromatic carbocycles. The topological polar surface area (TPSA) is 84.6 Å². The zero-order valence-corrected chi connectivity index (χ0v) is 9.83. The van der Waals surface area contributed by atoms with Gasteiger partial charge in [0.1, 0.15) is 18.0 Å². The average Bonchev–Trinajstić information content (AvgIpc) is 2.32. The van der Waals surface area contributed by atoms with Crippen molar-refractivity contribution in [2.24, 2.45) is 0 Å². The van der Waals surface area contributed by atoms with Gasteiger partial charge in [0, 0.05) is 6.54 Å². The van der Waals surface area contributed by atoms with E-state index in [0.29, 0.717) is 0 Å². The number of nitrogens with one attached hydrogen (secondary N) is 1. The third kappa shape index (κ3) is 4.32. The van der Waals surface area contributed by atoms with Crippen molar-refractivity contribution in [1.82, 2.24) is 0 Å². The van der Waals surface area contributed by atoms with Crippen LogP contribution in [0, 0.1) is 5.82 Å². The highest BCUT2D eigenvalue weighted by Gasteiger charge is 2.17. The standard InChI is InChI=1S/C11H13F3N2O3/c12-6-1-2-7(9(10(6)15)11(17)18)16-3-4-19-5-8(13)14/h1-2,8,16H,3-5,15H2,(H,17,18). The van der Waals surface area contributed by atoms with Crippen molar-refractivity contribution < 1.29 is 27.8 Å². The number of halogens is 3. The molecule has 8 heteroatoms. The molecular weight excluding hydrogens is 265 g/mol. The van der Waals surface area contributed by atoms with Crippen LogP contribution in [0.4, 0.5) is 24.5 Å². The first-order chi connectivity index (χ1) is 8.93. The van der Waals surface area contributed by atoms with Gasteiger partial charge in [-0.1, -0.05) is 0 Å². The van der Waals surface area contributed by atoms with Gasteiger partial charge in [-0.05, 0) is 12.1 Å². The maximum absolute atomic E-state index is 13.1. The lowest BCUT2D eigenvalue weighted by molar-refractivity contribution is 0.0215. The van der Waals surface area contributed by atoms with Gasteiger partial charge in [-0.3, -0.25) is 0 Å². The SMILES string of the molecule is Nc1c(F)ccc(NCCOCC(F)F)c1C(=O)O. The maximum Gasteiger partial charge on any atom is 0.340 e. The lowest BCUT2D eigenvalue weighted by Gasteiger charge is -2.12. The quantitative estimate of drug-likeness (QED) is 0.523. The Morgan fingerprint density at radius 2 is 2.16 bits per heavy atom. The number of carboxylic acid groups (broad SMARTS) is 1. The molecule has 106 valence electrons. The van der Waals surface area contributed by atoms with Crippen LogP contribution >= 0.6 is 0 Å². The number of benzene rings is 1. The second-order valence-corrected chi connectivity index (χ2v) is 3.58. The van der Waals surface area contributed by atoms with Gasteiger partial charge < -0.3 is 20.9 Å². The molecule has 0 radical (unpaired) electrons. The van der Waals surface area contributed by atoms with E-state index in [1.807, 2.05) is 0 Å². The third-order valence-corrected chi connectivity index (χ3v) is 2.21. The van der Waals surface area contributed by atoms with Crippen molar-refractivity contribution in [3.8, 4) is 0 Å². The number of nitrogens with two attached hydrogens (primary N) is 1. The van der Waals surface area contributed by atoms with Gasteiger partial charge in [-0.15, -0.1) is 0 Å². The fraction of sp³-hybridized carbons (Fsp3) is 0.364. The number of carbonyl (C=O) groups is 1. The lowest BCUT2D eigenvalue weighted by Crippen LogP contribution is -2.16. The van der Waals surface area contributed by atoms with E-state index in [-0.39, 0.29) is 18.8 Å². The van der Waals surface area contributed by atoms with E-state index in [0.717, 1.165) is 6.07 Å². The first kappa shape index (κ1) is 15.1. The second kappa shape index (κ2) is 6.83. The molecule has 0 aliphatic rings. The Morgan fingerprint density at radius 1 is 1.47 bits per heavy atom. The van der Waals surface area contributed by atoms with Crippen molar-refractivity contribution in [3.05, 3.63) is 23.5 Å². The lowest BCUT2D eigenvalue weighted by atomic mass is 10.1. The summed E-state index contributed by atoms with van der Waals surface area (Å²) in [6.07, 6.45) is -2.56. The van der Waals surface area contributed by atoms with Crippen LogP contribution in [-0.4, -0.2) is 37.3 Å². The number of hydrogen-bond donors (Lipinski definition) is 3. The molecule has 5 nitrogen and oxygen atoms in total. The molecule has 0 heterocycles. The first-order valence-electron chi connectivity index (χ1n) is 5.34. The van der Waals surface area contributed by atoms with E-state index in [1.165, 1.54) is 6.07 Å². The van der Waals surface area contributed by atoms with E-state index >= 15 is 0 Å². The molecule has 1 aromatic rings.